The average molecular weight is 229 g/mol. The molecule has 4 heteroatoms. The Morgan fingerprint density at radius 1 is 1.31 bits per heavy atom. The van der Waals surface area contributed by atoms with Crippen LogP contribution < -0.4 is 5.73 Å². The van der Waals surface area contributed by atoms with Gasteiger partial charge in [0.15, 0.2) is 0 Å². The summed E-state index contributed by atoms with van der Waals surface area (Å²) >= 11 is 1.76. The average Bonchev–Trinajstić information content (AvgIpc) is 2.89. The van der Waals surface area contributed by atoms with Gasteiger partial charge < -0.3 is 10.3 Å². The van der Waals surface area contributed by atoms with Crippen molar-refractivity contribution in [3.05, 3.63) is 46.9 Å². The lowest BCUT2D eigenvalue weighted by atomic mass is 10.3. The molecular formula is C12H11N3S. The molecule has 0 unspecified atom stereocenters. The third kappa shape index (κ3) is 1.57. The van der Waals surface area contributed by atoms with Crippen molar-refractivity contribution in [1.82, 2.24) is 9.55 Å². The van der Waals surface area contributed by atoms with Gasteiger partial charge >= 0.3 is 0 Å². The summed E-state index contributed by atoms with van der Waals surface area (Å²) < 4.78 is 2.14. The molecule has 1 aromatic carbocycles. The maximum atomic E-state index is 5.72. The van der Waals surface area contributed by atoms with Crippen molar-refractivity contribution in [3.63, 3.8) is 0 Å². The molecule has 0 aliphatic carbocycles. The van der Waals surface area contributed by atoms with Gasteiger partial charge in [-0.3, -0.25) is 0 Å². The first-order valence-electron chi connectivity index (χ1n) is 5.06. The van der Waals surface area contributed by atoms with E-state index in [1.165, 1.54) is 4.88 Å². The fourth-order valence-electron chi connectivity index (χ4n) is 1.78. The van der Waals surface area contributed by atoms with E-state index in [9.17, 15) is 0 Å². The van der Waals surface area contributed by atoms with Crippen LogP contribution in [0.5, 0.6) is 0 Å². The predicted molar refractivity (Wildman–Crippen MR) is 67.6 cm³/mol. The highest BCUT2D eigenvalue weighted by Crippen LogP contribution is 2.18. The maximum Gasteiger partial charge on any atom is 0.0961 e. The van der Waals surface area contributed by atoms with Crippen molar-refractivity contribution in [2.45, 2.75) is 6.54 Å². The Labute approximate surface area is 97.2 Å². The zero-order valence-corrected chi connectivity index (χ0v) is 9.45. The van der Waals surface area contributed by atoms with Crippen LogP contribution in [0.3, 0.4) is 0 Å². The number of nitrogen functional groups attached to an aromatic ring is 1. The van der Waals surface area contributed by atoms with Crippen molar-refractivity contribution in [2.75, 3.05) is 5.73 Å². The summed E-state index contributed by atoms with van der Waals surface area (Å²) in [5.74, 6) is 0. The minimum absolute atomic E-state index is 0.758. The van der Waals surface area contributed by atoms with E-state index in [1.807, 2.05) is 24.5 Å². The topological polar surface area (TPSA) is 43.8 Å². The molecule has 2 heterocycles. The Balaban J connectivity index is 2.04. The Bertz CT molecular complexity index is 610. The number of anilines is 1. The van der Waals surface area contributed by atoms with E-state index in [0.29, 0.717) is 0 Å². The molecule has 0 atom stereocenters. The summed E-state index contributed by atoms with van der Waals surface area (Å²) in [5, 5.41) is 2.09. The first-order chi connectivity index (χ1) is 7.83. The highest BCUT2D eigenvalue weighted by atomic mass is 32.1. The van der Waals surface area contributed by atoms with Gasteiger partial charge in [-0.2, -0.15) is 0 Å². The SMILES string of the molecule is Nc1ccc2c(c1)ncn2Cc1cccs1. The van der Waals surface area contributed by atoms with Gasteiger partial charge in [-0.1, -0.05) is 6.07 Å². The molecule has 80 valence electrons. The van der Waals surface area contributed by atoms with Gasteiger partial charge in [0.2, 0.25) is 0 Å². The normalized spacial score (nSPS) is 11.0. The largest absolute Gasteiger partial charge is 0.399 e. The molecular weight excluding hydrogens is 218 g/mol. The third-order valence-electron chi connectivity index (χ3n) is 2.55. The first-order valence-corrected chi connectivity index (χ1v) is 5.93. The smallest absolute Gasteiger partial charge is 0.0961 e. The van der Waals surface area contributed by atoms with Crippen molar-refractivity contribution >= 4 is 28.1 Å². The number of benzene rings is 1. The molecule has 0 aliphatic rings. The van der Waals surface area contributed by atoms with Crippen LogP contribution >= 0.6 is 11.3 Å². The van der Waals surface area contributed by atoms with Crippen LogP contribution in [0.15, 0.2) is 42.0 Å². The third-order valence-corrected chi connectivity index (χ3v) is 3.41. The molecule has 0 aliphatic heterocycles. The Kier molecular flexibility index (Phi) is 2.15. The van der Waals surface area contributed by atoms with Gasteiger partial charge in [-0.15, -0.1) is 11.3 Å². The Morgan fingerprint density at radius 2 is 2.25 bits per heavy atom. The lowest BCUT2D eigenvalue weighted by molar-refractivity contribution is 0.838. The second kappa shape index (κ2) is 3.64. The van der Waals surface area contributed by atoms with Gasteiger partial charge in [-0.05, 0) is 29.6 Å². The van der Waals surface area contributed by atoms with Crippen LogP contribution in [0.2, 0.25) is 0 Å². The highest BCUT2D eigenvalue weighted by molar-refractivity contribution is 7.09. The number of hydrogen-bond acceptors (Lipinski definition) is 3. The molecule has 3 nitrogen and oxygen atoms in total. The summed E-state index contributed by atoms with van der Waals surface area (Å²) in [4.78, 5) is 5.68. The van der Waals surface area contributed by atoms with Crippen molar-refractivity contribution in [3.8, 4) is 0 Å². The van der Waals surface area contributed by atoms with Crippen LogP contribution in [0.1, 0.15) is 4.88 Å². The lowest BCUT2D eigenvalue weighted by Crippen LogP contribution is -1.95. The number of imidazole rings is 1. The van der Waals surface area contributed by atoms with Crippen LogP contribution in [0.25, 0.3) is 11.0 Å². The fourth-order valence-corrected chi connectivity index (χ4v) is 2.48. The minimum Gasteiger partial charge on any atom is -0.399 e. The summed E-state index contributed by atoms with van der Waals surface area (Å²) in [7, 11) is 0. The molecule has 0 amide bonds. The first kappa shape index (κ1) is 9.42. The van der Waals surface area contributed by atoms with Crippen LogP contribution in [0.4, 0.5) is 5.69 Å². The zero-order chi connectivity index (χ0) is 11.0. The van der Waals surface area contributed by atoms with E-state index >= 15 is 0 Å². The van der Waals surface area contributed by atoms with Crippen LogP contribution in [0, 0.1) is 0 Å². The van der Waals surface area contributed by atoms with Gasteiger partial charge in [-0.25, -0.2) is 4.98 Å². The number of nitrogens with two attached hydrogens (primary N) is 1. The number of thiophene rings is 1. The molecule has 2 N–H and O–H groups in total. The summed E-state index contributed by atoms with van der Waals surface area (Å²) in [6.07, 6.45) is 1.86. The molecule has 3 rings (SSSR count). The summed E-state index contributed by atoms with van der Waals surface area (Å²) in [5.41, 5.74) is 8.56. The van der Waals surface area contributed by atoms with Crippen molar-refractivity contribution in [1.29, 1.82) is 0 Å². The standard InChI is InChI=1S/C12H11N3S/c13-9-3-4-12-11(6-9)14-8-15(12)7-10-2-1-5-16-10/h1-6,8H,7,13H2. The Morgan fingerprint density at radius 3 is 3.06 bits per heavy atom. The van der Waals surface area contributed by atoms with E-state index in [2.05, 4.69) is 27.1 Å². The Hall–Kier alpha value is -1.81. The van der Waals surface area contributed by atoms with Gasteiger partial charge in [0, 0.05) is 10.6 Å². The molecule has 0 saturated heterocycles. The molecule has 0 fully saturated rings. The maximum absolute atomic E-state index is 5.72. The second-order valence-corrected chi connectivity index (χ2v) is 4.73. The molecule has 16 heavy (non-hydrogen) atoms. The second-order valence-electron chi connectivity index (χ2n) is 3.70. The fraction of sp³-hybridized carbons (Fsp3) is 0.0833. The summed E-state index contributed by atoms with van der Waals surface area (Å²) in [6, 6.07) is 10.0. The quantitative estimate of drug-likeness (QED) is 0.687. The molecule has 0 bridgehead atoms. The van der Waals surface area contributed by atoms with E-state index in [0.717, 1.165) is 23.3 Å². The lowest BCUT2D eigenvalue weighted by Gasteiger charge is -2.01. The van der Waals surface area contributed by atoms with Gasteiger partial charge in [0.25, 0.3) is 0 Å². The molecule has 0 spiro atoms. The van der Waals surface area contributed by atoms with E-state index in [4.69, 9.17) is 5.73 Å². The van der Waals surface area contributed by atoms with Crippen LogP contribution in [-0.2, 0) is 6.54 Å². The predicted octanol–water partition coefficient (Wildman–Crippen LogP) is 2.73. The summed E-state index contributed by atoms with van der Waals surface area (Å²) in [6.45, 7) is 0.873. The van der Waals surface area contributed by atoms with Gasteiger partial charge in [0.1, 0.15) is 0 Å². The number of aromatic nitrogens is 2. The molecule has 0 saturated carbocycles. The van der Waals surface area contributed by atoms with E-state index in [1.54, 1.807) is 11.3 Å². The number of hydrogen-bond donors (Lipinski definition) is 1. The highest BCUT2D eigenvalue weighted by Gasteiger charge is 2.03. The monoisotopic (exact) mass is 229 g/mol. The number of fused-ring (bicyclic) bond motifs is 1. The van der Waals surface area contributed by atoms with Gasteiger partial charge in [0.05, 0.1) is 23.9 Å². The molecule has 3 aromatic rings. The zero-order valence-electron chi connectivity index (χ0n) is 8.63. The van der Waals surface area contributed by atoms with Crippen LogP contribution in [-0.4, -0.2) is 9.55 Å². The van der Waals surface area contributed by atoms with Crippen molar-refractivity contribution in [2.24, 2.45) is 0 Å². The van der Waals surface area contributed by atoms with Crippen molar-refractivity contribution < 1.29 is 0 Å². The van der Waals surface area contributed by atoms with E-state index < -0.39 is 0 Å². The minimum atomic E-state index is 0.758. The molecule has 0 radical (unpaired) electrons. The number of rotatable bonds is 2. The molecule has 2 aromatic heterocycles. The van der Waals surface area contributed by atoms with E-state index in [-0.39, 0.29) is 0 Å². The number of nitrogens with zero attached hydrogens (tertiary/aromatic N) is 2.